The van der Waals surface area contributed by atoms with Crippen LogP contribution in [0.25, 0.3) is 11.1 Å². The lowest BCUT2D eigenvalue weighted by Crippen LogP contribution is -2.47. The molecule has 5 rings (SSSR count). The summed E-state index contributed by atoms with van der Waals surface area (Å²) in [6.07, 6.45) is 3.98. The van der Waals surface area contributed by atoms with E-state index in [1.807, 2.05) is 17.0 Å². The third-order valence-corrected chi connectivity index (χ3v) is 7.85. The highest BCUT2D eigenvalue weighted by atomic mass is 16.2. The number of benzene rings is 3. The van der Waals surface area contributed by atoms with Crippen molar-refractivity contribution in [3.8, 4) is 11.1 Å². The molecule has 3 N–H and O–H groups in total. The van der Waals surface area contributed by atoms with E-state index in [9.17, 15) is 9.59 Å². The third-order valence-electron chi connectivity index (χ3n) is 7.85. The zero-order valence-corrected chi connectivity index (χ0v) is 25.0. The molecule has 1 aliphatic rings. The first-order chi connectivity index (χ1) is 20.9. The Labute approximate surface area is 254 Å². The summed E-state index contributed by atoms with van der Waals surface area (Å²) in [5.74, 6) is -0.165. The van der Waals surface area contributed by atoms with Crippen LogP contribution in [0.4, 0.5) is 17.1 Å². The van der Waals surface area contributed by atoms with Gasteiger partial charge in [-0.25, -0.2) is 0 Å². The number of pyridine rings is 1. The number of carbonyl (C=O) groups excluding carboxylic acids is 2. The SMILES string of the molecule is CC(=O)Nc1cc(-c2cccc(CN(CCCN)C(=O)c3cccnc3)c2)ccc1N1CCN(c2ccccc2C)CC1. The zero-order chi connectivity index (χ0) is 30.2. The Balaban J connectivity index is 1.35. The van der Waals surface area contributed by atoms with Crippen LogP contribution in [0, 0.1) is 6.92 Å². The molecule has 4 aromatic rings. The van der Waals surface area contributed by atoms with Gasteiger partial charge in [0.05, 0.1) is 16.9 Å². The summed E-state index contributed by atoms with van der Waals surface area (Å²) < 4.78 is 0. The Hall–Kier alpha value is -4.69. The van der Waals surface area contributed by atoms with Crippen molar-refractivity contribution in [3.63, 3.8) is 0 Å². The first-order valence-corrected chi connectivity index (χ1v) is 14.9. The van der Waals surface area contributed by atoms with Crippen molar-refractivity contribution < 1.29 is 9.59 Å². The van der Waals surface area contributed by atoms with Crippen molar-refractivity contribution in [2.45, 2.75) is 26.8 Å². The molecule has 2 heterocycles. The average Bonchev–Trinajstić information content (AvgIpc) is 3.03. The number of aryl methyl sites for hydroxylation is 1. The maximum atomic E-state index is 13.3. The minimum Gasteiger partial charge on any atom is -0.368 e. The summed E-state index contributed by atoms with van der Waals surface area (Å²) in [5.41, 5.74) is 13.8. The highest BCUT2D eigenvalue weighted by Crippen LogP contribution is 2.33. The molecular formula is C35H40N6O2. The van der Waals surface area contributed by atoms with Gasteiger partial charge in [-0.05, 0) is 78.5 Å². The highest BCUT2D eigenvalue weighted by Gasteiger charge is 2.22. The molecule has 1 aromatic heterocycles. The first kappa shape index (κ1) is 29.8. The number of hydrogen-bond acceptors (Lipinski definition) is 6. The van der Waals surface area contributed by atoms with Crippen molar-refractivity contribution >= 4 is 28.9 Å². The maximum absolute atomic E-state index is 13.3. The highest BCUT2D eigenvalue weighted by molar-refractivity contribution is 5.95. The average molecular weight is 577 g/mol. The zero-order valence-electron chi connectivity index (χ0n) is 25.0. The minimum atomic E-state index is -0.102. The number of rotatable bonds is 10. The summed E-state index contributed by atoms with van der Waals surface area (Å²) in [6, 6.07) is 26.5. The van der Waals surface area contributed by atoms with Crippen LogP contribution in [0.3, 0.4) is 0 Å². The normalized spacial score (nSPS) is 13.1. The molecule has 1 fully saturated rings. The fourth-order valence-corrected chi connectivity index (χ4v) is 5.66. The second-order valence-corrected chi connectivity index (χ2v) is 11.0. The Kier molecular flexibility index (Phi) is 9.69. The van der Waals surface area contributed by atoms with E-state index in [2.05, 4.69) is 81.6 Å². The predicted octanol–water partition coefficient (Wildman–Crippen LogP) is 5.33. The molecule has 0 spiro atoms. The second kappa shape index (κ2) is 14.0. The van der Waals surface area contributed by atoms with Gasteiger partial charge in [0, 0.05) is 64.3 Å². The van der Waals surface area contributed by atoms with Crippen LogP contribution in [0.5, 0.6) is 0 Å². The quantitative estimate of drug-likeness (QED) is 0.265. The molecule has 0 bridgehead atoms. The number of aromatic nitrogens is 1. The Morgan fingerprint density at radius 2 is 1.63 bits per heavy atom. The van der Waals surface area contributed by atoms with Crippen LogP contribution >= 0.6 is 0 Å². The lowest BCUT2D eigenvalue weighted by molar-refractivity contribution is -0.114. The Bertz CT molecular complexity index is 1550. The monoisotopic (exact) mass is 576 g/mol. The van der Waals surface area contributed by atoms with Crippen LogP contribution < -0.4 is 20.9 Å². The van der Waals surface area contributed by atoms with Crippen LogP contribution in [-0.2, 0) is 11.3 Å². The molecule has 2 amide bonds. The van der Waals surface area contributed by atoms with Gasteiger partial charge in [0.15, 0.2) is 0 Å². The molecule has 43 heavy (non-hydrogen) atoms. The number of anilines is 3. The molecule has 1 saturated heterocycles. The molecule has 0 unspecified atom stereocenters. The van der Waals surface area contributed by atoms with Crippen molar-refractivity contribution in [2.75, 3.05) is 54.4 Å². The van der Waals surface area contributed by atoms with E-state index >= 15 is 0 Å². The van der Waals surface area contributed by atoms with Crippen LogP contribution in [-0.4, -0.2) is 61.0 Å². The fourth-order valence-electron chi connectivity index (χ4n) is 5.66. The molecule has 0 aliphatic carbocycles. The summed E-state index contributed by atoms with van der Waals surface area (Å²) in [7, 11) is 0. The summed E-state index contributed by atoms with van der Waals surface area (Å²) in [4.78, 5) is 36.2. The molecule has 8 nitrogen and oxygen atoms in total. The smallest absolute Gasteiger partial charge is 0.255 e. The van der Waals surface area contributed by atoms with E-state index in [1.165, 1.54) is 11.3 Å². The van der Waals surface area contributed by atoms with Gasteiger partial charge in [0.25, 0.3) is 5.91 Å². The Morgan fingerprint density at radius 1 is 0.884 bits per heavy atom. The van der Waals surface area contributed by atoms with Crippen molar-refractivity contribution in [1.29, 1.82) is 0 Å². The van der Waals surface area contributed by atoms with Crippen molar-refractivity contribution in [1.82, 2.24) is 9.88 Å². The van der Waals surface area contributed by atoms with Gasteiger partial charge in [-0.3, -0.25) is 14.6 Å². The number of amides is 2. The number of hydrogen-bond donors (Lipinski definition) is 2. The lowest BCUT2D eigenvalue weighted by atomic mass is 10.0. The second-order valence-electron chi connectivity index (χ2n) is 11.0. The maximum Gasteiger partial charge on any atom is 0.255 e. The van der Waals surface area contributed by atoms with Crippen molar-refractivity contribution in [2.24, 2.45) is 5.73 Å². The van der Waals surface area contributed by atoms with Gasteiger partial charge in [0.2, 0.25) is 5.91 Å². The molecule has 3 aromatic carbocycles. The van der Waals surface area contributed by atoms with E-state index in [4.69, 9.17) is 5.73 Å². The van der Waals surface area contributed by atoms with Gasteiger partial charge in [0.1, 0.15) is 0 Å². The summed E-state index contributed by atoms with van der Waals surface area (Å²) in [6.45, 7) is 8.77. The number of piperazine rings is 1. The lowest BCUT2D eigenvalue weighted by Gasteiger charge is -2.38. The summed E-state index contributed by atoms with van der Waals surface area (Å²) in [5, 5.41) is 3.07. The van der Waals surface area contributed by atoms with E-state index in [-0.39, 0.29) is 11.8 Å². The third kappa shape index (κ3) is 7.40. The van der Waals surface area contributed by atoms with Gasteiger partial charge in [-0.2, -0.15) is 0 Å². The molecule has 0 atom stereocenters. The number of nitrogens with two attached hydrogens (primary N) is 1. The van der Waals surface area contributed by atoms with Gasteiger partial charge in [-0.1, -0.05) is 42.5 Å². The number of nitrogens with zero attached hydrogens (tertiary/aromatic N) is 4. The number of nitrogens with one attached hydrogen (secondary N) is 1. The van der Waals surface area contributed by atoms with Crippen LogP contribution in [0.1, 0.15) is 34.8 Å². The van der Waals surface area contributed by atoms with Crippen molar-refractivity contribution in [3.05, 3.63) is 108 Å². The molecule has 222 valence electrons. The standard InChI is InChI=1S/C35H40N6O2/c1-26-8-3-4-12-33(26)39-18-20-40(21-19-39)34-14-13-30(23-32(34)38-27(2)42)29-10-5-9-28(22-29)25-41(17-7-15-36)35(43)31-11-6-16-37-24-31/h3-6,8-14,16,22-24H,7,15,17-21,25,36H2,1-2H3,(H,38,42). The molecule has 1 aliphatic heterocycles. The van der Waals surface area contributed by atoms with Gasteiger partial charge < -0.3 is 25.8 Å². The predicted molar refractivity (Wildman–Crippen MR) is 174 cm³/mol. The molecule has 0 saturated carbocycles. The van der Waals surface area contributed by atoms with E-state index < -0.39 is 0 Å². The molecular weight excluding hydrogens is 536 g/mol. The first-order valence-electron chi connectivity index (χ1n) is 14.9. The van der Waals surface area contributed by atoms with E-state index in [1.54, 1.807) is 31.5 Å². The number of carbonyl (C=O) groups is 2. The molecule has 0 radical (unpaired) electrons. The van der Waals surface area contributed by atoms with Gasteiger partial charge >= 0.3 is 0 Å². The number of para-hydroxylation sites is 1. The van der Waals surface area contributed by atoms with Gasteiger partial charge in [-0.15, -0.1) is 0 Å². The molecule has 8 heteroatoms. The largest absolute Gasteiger partial charge is 0.368 e. The van der Waals surface area contributed by atoms with Crippen LogP contribution in [0.15, 0.2) is 91.3 Å². The van der Waals surface area contributed by atoms with E-state index in [0.29, 0.717) is 31.6 Å². The Morgan fingerprint density at radius 3 is 2.33 bits per heavy atom. The fraction of sp³-hybridized carbons (Fsp3) is 0.286. The minimum absolute atomic E-state index is 0.0632. The summed E-state index contributed by atoms with van der Waals surface area (Å²) >= 11 is 0. The topological polar surface area (TPSA) is 94.8 Å². The van der Waals surface area contributed by atoms with E-state index in [0.717, 1.165) is 54.2 Å². The van der Waals surface area contributed by atoms with Crippen LogP contribution in [0.2, 0.25) is 0 Å².